The fourth-order valence-corrected chi connectivity index (χ4v) is 4.08. The summed E-state index contributed by atoms with van der Waals surface area (Å²) >= 11 is 1.61. The van der Waals surface area contributed by atoms with Gasteiger partial charge >= 0.3 is 0 Å². The van der Waals surface area contributed by atoms with Crippen molar-refractivity contribution >= 4 is 23.6 Å². The second-order valence-corrected chi connectivity index (χ2v) is 6.36. The van der Waals surface area contributed by atoms with E-state index in [0.29, 0.717) is 13.1 Å². The summed E-state index contributed by atoms with van der Waals surface area (Å²) < 4.78 is 0. The number of piperidine rings is 1. The van der Waals surface area contributed by atoms with Crippen molar-refractivity contribution in [2.45, 2.75) is 23.8 Å². The number of hydrogen-bond acceptors (Lipinski definition) is 4. The monoisotopic (exact) mass is 291 g/mol. The van der Waals surface area contributed by atoms with Crippen LogP contribution in [0.4, 0.5) is 0 Å². The van der Waals surface area contributed by atoms with E-state index < -0.39 is 0 Å². The Morgan fingerprint density at radius 2 is 2.30 bits per heavy atom. The number of primary amides is 1. The van der Waals surface area contributed by atoms with E-state index in [-0.39, 0.29) is 23.0 Å². The number of hydrogen-bond donors (Lipinski definition) is 1. The lowest BCUT2D eigenvalue weighted by atomic mass is 9.97. The molecule has 1 fully saturated rings. The number of amides is 2. The highest BCUT2D eigenvalue weighted by atomic mass is 32.2. The number of thioether (sulfide) groups is 1. The van der Waals surface area contributed by atoms with E-state index in [0.717, 1.165) is 29.9 Å². The normalized spacial score (nSPS) is 25.3. The Bertz CT molecular complexity index is 549. The summed E-state index contributed by atoms with van der Waals surface area (Å²) in [6, 6.07) is 3.92. The van der Waals surface area contributed by atoms with Gasteiger partial charge in [-0.1, -0.05) is 6.07 Å². The first-order valence-corrected chi connectivity index (χ1v) is 7.85. The summed E-state index contributed by atoms with van der Waals surface area (Å²) in [5.74, 6) is 0.382. The standard InChI is InChI=1S/C14H17N3O2S/c15-13(18)9-4-2-6-17(7-9)14(19)12-11-10(8-20-12)3-1-5-16-11/h1,3,5,9,12H,2,4,6-8H2,(H2,15,18)/t9-,12+/m0/s1. The first kappa shape index (κ1) is 13.4. The molecule has 0 radical (unpaired) electrons. The van der Waals surface area contributed by atoms with Gasteiger partial charge in [0.25, 0.3) is 0 Å². The Labute approximate surface area is 121 Å². The minimum Gasteiger partial charge on any atom is -0.369 e. The van der Waals surface area contributed by atoms with Gasteiger partial charge in [0.1, 0.15) is 5.25 Å². The highest BCUT2D eigenvalue weighted by Crippen LogP contribution is 2.41. The molecule has 2 aliphatic heterocycles. The summed E-state index contributed by atoms with van der Waals surface area (Å²) in [6.07, 6.45) is 3.35. The molecule has 3 rings (SSSR count). The third kappa shape index (κ3) is 2.40. The zero-order chi connectivity index (χ0) is 14.1. The van der Waals surface area contributed by atoms with Crippen molar-refractivity contribution < 1.29 is 9.59 Å². The molecule has 0 aliphatic carbocycles. The number of fused-ring (bicyclic) bond motifs is 1. The molecule has 3 heterocycles. The molecule has 2 atom stereocenters. The summed E-state index contributed by atoms with van der Waals surface area (Å²) in [6.45, 7) is 1.16. The summed E-state index contributed by atoms with van der Waals surface area (Å²) in [7, 11) is 0. The first-order valence-electron chi connectivity index (χ1n) is 6.80. The molecule has 1 saturated heterocycles. The summed E-state index contributed by atoms with van der Waals surface area (Å²) in [4.78, 5) is 30.1. The average Bonchev–Trinajstić information content (AvgIpc) is 2.90. The molecule has 1 aromatic heterocycles. The SMILES string of the molecule is NC(=O)[C@H]1CCCN(C(=O)[C@@H]2SCc3cccnc32)C1. The van der Waals surface area contributed by atoms with E-state index in [9.17, 15) is 9.59 Å². The molecule has 106 valence electrons. The van der Waals surface area contributed by atoms with Crippen molar-refractivity contribution in [2.75, 3.05) is 13.1 Å². The highest BCUT2D eigenvalue weighted by Gasteiger charge is 2.36. The Morgan fingerprint density at radius 1 is 1.45 bits per heavy atom. The number of carbonyl (C=O) groups excluding carboxylic acids is 2. The zero-order valence-electron chi connectivity index (χ0n) is 11.1. The molecular formula is C14H17N3O2S. The fourth-order valence-electron chi connectivity index (χ4n) is 2.82. The lowest BCUT2D eigenvalue weighted by Gasteiger charge is -2.32. The van der Waals surface area contributed by atoms with Crippen molar-refractivity contribution in [1.82, 2.24) is 9.88 Å². The predicted octanol–water partition coefficient (Wildman–Crippen LogP) is 1.09. The van der Waals surface area contributed by atoms with Crippen LogP contribution in [0.1, 0.15) is 29.3 Å². The number of pyridine rings is 1. The summed E-state index contributed by atoms with van der Waals surface area (Å²) in [5, 5.41) is -0.224. The number of nitrogens with two attached hydrogens (primary N) is 1. The molecule has 6 heteroatoms. The van der Waals surface area contributed by atoms with Crippen LogP contribution in [0.25, 0.3) is 0 Å². The molecule has 0 bridgehead atoms. The Kier molecular flexibility index (Phi) is 3.65. The number of likely N-dealkylation sites (tertiary alicyclic amines) is 1. The van der Waals surface area contributed by atoms with Gasteiger partial charge in [-0.2, -0.15) is 0 Å². The molecule has 0 unspecified atom stereocenters. The lowest BCUT2D eigenvalue weighted by Crippen LogP contribution is -2.45. The predicted molar refractivity (Wildman–Crippen MR) is 76.8 cm³/mol. The van der Waals surface area contributed by atoms with Crippen molar-refractivity contribution in [2.24, 2.45) is 11.7 Å². The third-order valence-electron chi connectivity index (χ3n) is 3.94. The highest BCUT2D eigenvalue weighted by molar-refractivity contribution is 7.99. The van der Waals surface area contributed by atoms with Gasteiger partial charge in [0.05, 0.1) is 11.6 Å². The Hall–Kier alpha value is -1.56. The van der Waals surface area contributed by atoms with Crippen LogP contribution in [0.3, 0.4) is 0 Å². The first-order chi connectivity index (χ1) is 9.66. The van der Waals surface area contributed by atoms with E-state index in [1.807, 2.05) is 12.1 Å². The zero-order valence-corrected chi connectivity index (χ0v) is 11.9. The largest absolute Gasteiger partial charge is 0.369 e. The average molecular weight is 291 g/mol. The molecule has 1 aromatic rings. The van der Waals surface area contributed by atoms with E-state index in [1.165, 1.54) is 0 Å². The van der Waals surface area contributed by atoms with Gasteiger partial charge < -0.3 is 10.6 Å². The van der Waals surface area contributed by atoms with Crippen molar-refractivity contribution in [1.29, 1.82) is 0 Å². The van der Waals surface area contributed by atoms with Gasteiger partial charge in [-0.3, -0.25) is 14.6 Å². The minimum absolute atomic E-state index is 0.0680. The van der Waals surface area contributed by atoms with Crippen LogP contribution in [0, 0.1) is 5.92 Å². The van der Waals surface area contributed by atoms with Crippen LogP contribution >= 0.6 is 11.8 Å². The number of rotatable bonds is 2. The van der Waals surface area contributed by atoms with Crippen molar-refractivity contribution in [3.63, 3.8) is 0 Å². The van der Waals surface area contributed by atoms with Gasteiger partial charge in [-0.05, 0) is 24.5 Å². The number of nitrogens with zero attached hydrogens (tertiary/aromatic N) is 2. The Morgan fingerprint density at radius 3 is 3.10 bits per heavy atom. The van der Waals surface area contributed by atoms with Gasteiger partial charge in [0.15, 0.2) is 0 Å². The molecule has 0 saturated carbocycles. The number of carbonyl (C=O) groups is 2. The molecule has 2 aliphatic rings. The molecule has 5 nitrogen and oxygen atoms in total. The van der Waals surface area contributed by atoms with E-state index in [2.05, 4.69) is 4.98 Å². The second-order valence-electron chi connectivity index (χ2n) is 5.26. The van der Waals surface area contributed by atoms with Crippen LogP contribution < -0.4 is 5.73 Å². The third-order valence-corrected chi connectivity index (χ3v) is 5.18. The van der Waals surface area contributed by atoms with Gasteiger partial charge in [-0.15, -0.1) is 11.8 Å². The lowest BCUT2D eigenvalue weighted by molar-refractivity contribution is -0.134. The van der Waals surface area contributed by atoms with Crippen LogP contribution in [-0.2, 0) is 15.3 Å². The van der Waals surface area contributed by atoms with Crippen LogP contribution in [0.5, 0.6) is 0 Å². The van der Waals surface area contributed by atoms with Crippen molar-refractivity contribution in [3.8, 4) is 0 Å². The molecular weight excluding hydrogens is 274 g/mol. The molecule has 20 heavy (non-hydrogen) atoms. The van der Waals surface area contributed by atoms with E-state index >= 15 is 0 Å². The van der Waals surface area contributed by atoms with Gasteiger partial charge in [-0.25, -0.2) is 0 Å². The smallest absolute Gasteiger partial charge is 0.241 e. The maximum atomic E-state index is 12.6. The topological polar surface area (TPSA) is 76.3 Å². The fraction of sp³-hybridized carbons (Fsp3) is 0.500. The van der Waals surface area contributed by atoms with Crippen LogP contribution in [0.15, 0.2) is 18.3 Å². The van der Waals surface area contributed by atoms with E-state index in [4.69, 9.17) is 5.73 Å². The van der Waals surface area contributed by atoms with Crippen molar-refractivity contribution in [3.05, 3.63) is 29.6 Å². The molecule has 2 N–H and O–H groups in total. The van der Waals surface area contributed by atoms with Gasteiger partial charge in [0, 0.05) is 25.0 Å². The minimum atomic E-state index is -0.305. The van der Waals surface area contributed by atoms with E-state index in [1.54, 1.807) is 22.9 Å². The quantitative estimate of drug-likeness (QED) is 0.885. The molecule has 0 aromatic carbocycles. The molecule has 0 spiro atoms. The van der Waals surface area contributed by atoms with Crippen LogP contribution in [0.2, 0.25) is 0 Å². The maximum Gasteiger partial charge on any atom is 0.241 e. The van der Waals surface area contributed by atoms with Gasteiger partial charge in [0.2, 0.25) is 11.8 Å². The summed E-state index contributed by atoms with van der Waals surface area (Å²) in [5.41, 5.74) is 7.38. The molecule has 2 amide bonds. The van der Waals surface area contributed by atoms with Crippen LogP contribution in [-0.4, -0.2) is 34.8 Å². The maximum absolute atomic E-state index is 12.6. The second kappa shape index (κ2) is 5.44. The number of aromatic nitrogens is 1. The Balaban J connectivity index is 1.75.